The molecule has 1 N–H and O–H groups in total. The van der Waals surface area contributed by atoms with Crippen LogP contribution in [0.4, 0.5) is 0 Å². The van der Waals surface area contributed by atoms with E-state index in [2.05, 4.69) is 25.9 Å². The van der Waals surface area contributed by atoms with Crippen LogP contribution in [0.25, 0.3) is 0 Å². The Hall–Kier alpha value is -1.40. The van der Waals surface area contributed by atoms with Crippen LogP contribution in [0.2, 0.25) is 0 Å². The minimum absolute atomic E-state index is 0.0457. The molecule has 1 aliphatic rings. The second kappa shape index (κ2) is 7.24. The lowest BCUT2D eigenvalue weighted by atomic mass is 10.1. The van der Waals surface area contributed by atoms with Crippen LogP contribution in [-0.2, 0) is 10.3 Å². The molecule has 2 heterocycles. The number of nitrogens with zero attached hydrogens (tertiary/aromatic N) is 3. The molecule has 2 rings (SSSR count). The number of aliphatic hydroxyl groups excluding tert-OH is 1. The quantitative estimate of drug-likeness (QED) is 0.840. The highest BCUT2D eigenvalue weighted by Crippen LogP contribution is 2.18. The molecule has 6 nitrogen and oxygen atoms in total. The fourth-order valence-electron chi connectivity index (χ4n) is 2.52. The second-order valence-electron chi connectivity index (χ2n) is 6.78. The lowest BCUT2D eigenvalue weighted by Crippen LogP contribution is -2.41. The molecule has 0 spiro atoms. The maximum Gasteiger partial charge on any atom is 0.257 e. The highest BCUT2D eigenvalue weighted by atomic mass is 16.5. The first kappa shape index (κ1) is 17.0. The van der Waals surface area contributed by atoms with Crippen molar-refractivity contribution >= 4 is 5.91 Å². The Morgan fingerprint density at radius 2 is 2.09 bits per heavy atom. The number of ether oxygens (including phenoxy) is 1. The van der Waals surface area contributed by atoms with Gasteiger partial charge in [-0.25, -0.2) is 0 Å². The van der Waals surface area contributed by atoms with Crippen LogP contribution < -0.4 is 0 Å². The largest absolute Gasteiger partial charge is 0.396 e. The molecule has 0 radical (unpaired) electrons. The first-order chi connectivity index (χ1) is 10.4. The number of piperidine rings is 1. The van der Waals surface area contributed by atoms with Gasteiger partial charge >= 0.3 is 0 Å². The van der Waals surface area contributed by atoms with E-state index in [1.165, 1.54) is 0 Å². The van der Waals surface area contributed by atoms with E-state index < -0.39 is 0 Å². The molecule has 22 heavy (non-hydrogen) atoms. The summed E-state index contributed by atoms with van der Waals surface area (Å²) >= 11 is 0. The minimum atomic E-state index is -0.119. The van der Waals surface area contributed by atoms with Gasteiger partial charge in [0.05, 0.1) is 23.4 Å². The van der Waals surface area contributed by atoms with E-state index in [0.717, 1.165) is 12.8 Å². The van der Waals surface area contributed by atoms with Gasteiger partial charge in [-0.2, -0.15) is 5.10 Å². The van der Waals surface area contributed by atoms with Gasteiger partial charge in [-0.15, -0.1) is 0 Å². The standard InChI is InChI=1S/C16H27N3O3/c1-16(2,3)19-12-13(11-17-19)15(21)18-7-5-14(6-8-18)22-10-4-9-20/h11-12,14,20H,4-10H2,1-3H3. The molecule has 124 valence electrons. The molecule has 1 aromatic heterocycles. The fraction of sp³-hybridized carbons (Fsp3) is 0.750. The van der Waals surface area contributed by atoms with Crippen molar-refractivity contribution in [1.29, 1.82) is 0 Å². The topological polar surface area (TPSA) is 67.6 Å². The molecule has 1 fully saturated rings. The summed E-state index contributed by atoms with van der Waals surface area (Å²) in [7, 11) is 0. The van der Waals surface area contributed by atoms with Crippen molar-refractivity contribution in [1.82, 2.24) is 14.7 Å². The van der Waals surface area contributed by atoms with Crippen LogP contribution in [0.15, 0.2) is 12.4 Å². The molecule has 0 unspecified atom stereocenters. The normalized spacial score (nSPS) is 17.0. The molecule has 0 atom stereocenters. The Bertz CT molecular complexity index is 485. The van der Waals surface area contributed by atoms with Crippen molar-refractivity contribution in [3.63, 3.8) is 0 Å². The van der Waals surface area contributed by atoms with E-state index in [4.69, 9.17) is 9.84 Å². The number of likely N-dealkylation sites (tertiary alicyclic amines) is 1. The number of aliphatic hydroxyl groups is 1. The molecule has 1 aromatic rings. The van der Waals surface area contributed by atoms with E-state index in [-0.39, 0.29) is 24.2 Å². The van der Waals surface area contributed by atoms with Crippen molar-refractivity contribution in [3.05, 3.63) is 18.0 Å². The van der Waals surface area contributed by atoms with Gasteiger partial charge in [-0.3, -0.25) is 9.48 Å². The van der Waals surface area contributed by atoms with Gasteiger partial charge < -0.3 is 14.7 Å². The van der Waals surface area contributed by atoms with E-state index in [9.17, 15) is 4.79 Å². The number of carbonyl (C=O) groups is 1. The number of aromatic nitrogens is 2. The molecule has 1 aliphatic heterocycles. The van der Waals surface area contributed by atoms with Gasteiger partial charge in [0.2, 0.25) is 0 Å². The predicted molar refractivity (Wildman–Crippen MR) is 83.8 cm³/mol. The van der Waals surface area contributed by atoms with Crippen LogP contribution in [0, 0.1) is 0 Å². The molecule has 1 amide bonds. The van der Waals surface area contributed by atoms with Gasteiger partial charge in [0.25, 0.3) is 5.91 Å². The third-order valence-corrected chi connectivity index (χ3v) is 3.90. The number of carbonyl (C=O) groups excluding carboxylic acids is 1. The summed E-state index contributed by atoms with van der Waals surface area (Å²) in [6.45, 7) is 8.35. The summed E-state index contributed by atoms with van der Waals surface area (Å²) in [4.78, 5) is 14.4. The fourth-order valence-corrected chi connectivity index (χ4v) is 2.52. The average molecular weight is 309 g/mol. The summed E-state index contributed by atoms with van der Waals surface area (Å²) < 4.78 is 7.52. The Kier molecular flexibility index (Phi) is 5.58. The summed E-state index contributed by atoms with van der Waals surface area (Å²) in [5.74, 6) is 0.0457. The molecule has 6 heteroatoms. The highest BCUT2D eigenvalue weighted by molar-refractivity contribution is 5.93. The van der Waals surface area contributed by atoms with Gasteiger partial charge in [0.1, 0.15) is 0 Å². The Labute approximate surface area is 132 Å². The van der Waals surface area contributed by atoms with Crippen molar-refractivity contribution in [2.24, 2.45) is 0 Å². The van der Waals surface area contributed by atoms with Crippen LogP contribution in [0.3, 0.4) is 0 Å². The van der Waals surface area contributed by atoms with Crippen molar-refractivity contribution in [2.75, 3.05) is 26.3 Å². The Morgan fingerprint density at radius 1 is 1.41 bits per heavy atom. The van der Waals surface area contributed by atoms with E-state index in [1.807, 2.05) is 15.8 Å². The first-order valence-corrected chi connectivity index (χ1v) is 7.98. The number of amides is 1. The number of hydrogen-bond acceptors (Lipinski definition) is 4. The van der Waals surface area contributed by atoms with E-state index in [0.29, 0.717) is 31.7 Å². The van der Waals surface area contributed by atoms with Gasteiger partial charge in [0, 0.05) is 32.5 Å². The zero-order valence-corrected chi connectivity index (χ0v) is 13.8. The molecule has 0 saturated carbocycles. The van der Waals surface area contributed by atoms with Crippen molar-refractivity contribution in [3.8, 4) is 0 Å². The van der Waals surface area contributed by atoms with Crippen LogP contribution in [0.1, 0.15) is 50.4 Å². The maximum absolute atomic E-state index is 12.5. The third-order valence-electron chi connectivity index (χ3n) is 3.90. The zero-order chi connectivity index (χ0) is 16.2. The van der Waals surface area contributed by atoms with Crippen LogP contribution >= 0.6 is 0 Å². The monoisotopic (exact) mass is 309 g/mol. The minimum Gasteiger partial charge on any atom is -0.396 e. The second-order valence-corrected chi connectivity index (χ2v) is 6.78. The SMILES string of the molecule is CC(C)(C)n1cc(C(=O)N2CCC(OCCCO)CC2)cn1. The van der Waals surface area contributed by atoms with Gasteiger partial charge in [-0.1, -0.05) is 0 Å². The summed E-state index contributed by atoms with van der Waals surface area (Å²) in [6, 6.07) is 0. The van der Waals surface area contributed by atoms with E-state index in [1.54, 1.807) is 6.20 Å². The Balaban J connectivity index is 1.86. The summed E-state index contributed by atoms with van der Waals surface area (Å²) in [5, 5.41) is 13.0. The molecule has 0 aromatic carbocycles. The van der Waals surface area contributed by atoms with Crippen molar-refractivity contribution in [2.45, 2.75) is 51.7 Å². The average Bonchev–Trinajstić information content (AvgIpc) is 2.97. The van der Waals surface area contributed by atoms with Gasteiger partial charge in [0.15, 0.2) is 0 Å². The first-order valence-electron chi connectivity index (χ1n) is 7.98. The van der Waals surface area contributed by atoms with Crippen LogP contribution in [0.5, 0.6) is 0 Å². The third kappa shape index (κ3) is 4.30. The molecular weight excluding hydrogens is 282 g/mol. The van der Waals surface area contributed by atoms with Gasteiger partial charge in [-0.05, 0) is 40.0 Å². The lowest BCUT2D eigenvalue weighted by Gasteiger charge is -2.31. The molecular formula is C16H27N3O3. The Morgan fingerprint density at radius 3 is 2.64 bits per heavy atom. The summed E-state index contributed by atoms with van der Waals surface area (Å²) in [5.41, 5.74) is 0.529. The molecule has 1 saturated heterocycles. The zero-order valence-electron chi connectivity index (χ0n) is 13.8. The predicted octanol–water partition coefficient (Wildman–Crippen LogP) is 1.64. The van der Waals surface area contributed by atoms with Crippen molar-refractivity contribution < 1.29 is 14.6 Å². The molecule has 0 bridgehead atoms. The highest BCUT2D eigenvalue weighted by Gasteiger charge is 2.25. The number of rotatable bonds is 5. The molecule has 0 aliphatic carbocycles. The van der Waals surface area contributed by atoms with Crippen LogP contribution in [-0.4, -0.2) is 58.1 Å². The lowest BCUT2D eigenvalue weighted by molar-refractivity contribution is 0.00397. The summed E-state index contributed by atoms with van der Waals surface area (Å²) in [6.07, 6.45) is 6.05. The van der Waals surface area contributed by atoms with E-state index >= 15 is 0 Å². The number of hydrogen-bond donors (Lipinski definition) is 1. The smallest absolute Gasteiger partial charge is 0.257 e. The maximum atomic E-state index is 12.5.